The third-order valence-electron chi connectivity index (χ3n) is 4.26. The fraction of sp³-hybridized carbons (Fsp3) is 0.211. The summed E-state index contributed by atoms with van der Waals surface area (Å²) in [7, 11) is 0. The van der Waals surface area contributed by atoms with Crippen molar-refractivity contribution in [1.29, 1.82) is 0 Å². The van der Waals surface area contributed by atoms with Crippen LogP contribution in [-0.2, 0) is 4.79 Å². The fourth-order valence-electron chi connectivity index (χ4n) is 2.81. The van der Waals surface area contributed by atoms with Crippen LogP contribution < -0.4 is 5.32 Å². The number of aromatic nitrogens is 5. The van der Waals surface area contributed by atoms with E-state index in [9.17, 15) is 13.6 Å². The van der Waals surface area contributed by atoms with Gasteiger partial charge in [0.1, 0.15) is 0 Å². The SMILES string of the molecule is Cc1cc(C)n2c(SC(C)C(=O)Nc3nc(-c4ccc(F)c(F)c4)cs3)nnc2n1. The largest absolute Gasteiger partial charge is 0.301 e. The van der Waals surface area contributed by atoms with Crippen molar-refractivity contribution in [3.63, 3.8) is 0 Å². The van der Waals surface area contributed by atoms with Crippen LogP contribution >= 0.6 is 23.1 Å². The van der Waals surface area contributed by atoms with E-state index in [4.69, 9.17) is 0 Å². The quantitative estimate of drug-likeness (QED) is 0.461. The summed E-state index contributed by atoms with van der Waals surface area (Å²) in [5.41, 5.74) is 2.65. The molecule has 1 N–H and O–H groups in total. The molecule has 0 aliphatic carbocycles. The fourth-order valence-corrected chi connectivity index (χ4v) is 4.44. The maximum atomic E-state index is 13.4. The van der Waals surface area contributed by atoms with Crippen LogP contribution in [0.2, 0.25) is 0 Å². The molecule has 154 valence electrons. The second-order valence-corrected chi connectivity index (χ2v) is 8.74. The molecule has 4 aromatic rings. The summed E-state index contributed by atoms with van der Waals surface area (Å²) >= 11 is 2.46. The summed E-state index contributed by atoms with van der Waals surface area (Å²) in [6.45, 7) is 5.56. The number of nitrogens with zero attached hydrogens (tertiary/aromatic N) is 5. The lowest BCUT2D eigenvalue weighted by Crippen LogP contribution is -2.22. The lowest BCUT2D eigenvalue weighted by atomic mass is 10.2. The molecule has 11 heteroatoms. The van der Waals surface area contributed by atoms with Crippen LogP contribution in [0.25, 0.3) is 17.0 Å². The second kappa shape index (κ2) is 8.07. The number of benzene rings is 1. The Kier molecular flexibility index (Phi) is 5.48. The van der Waals surface area contributed by atoms with Crippen molar-refractivity contribution in [3.8, 4) is 11.3 Å². The van der Waals surface area contributed by atoms with Gasteiger partial charge in [0.25, 0.3) is 5.78 Å². The molecule has 0 aliphatic rings. The second-order valence-electron chi connectivity index (χ2n) is 6.57. The summed E-state index contributed by atoms with van der Waals surface area (Å²) in [6, 6.07) is 5.47. The number of carbonyl (C=O) groups excluding carboxylic acids is 1. The van der Waals surface area contributed by atoms with Crippen molar-refractivity contribution < 1.29 is 13.6 Å². The van der Waals surface area contributed by atoms with Gasteiger partial charge in [0, 0.05) is 22.3 Å². The summed E-state index contributed by atoms with van der Waals surface area (Å²) in [4.78, 5) is 21.2. The number of fused-ring (bicyclic) bond motifs is 1. The predicted octanol–water partition coefficient (Wildman–Crippen LogP) is 4.26. The molecule has 0 saturated carbocycles. The molecule has 3 aromatic heterocycles. The molecule has 0 fully saturated rings. The van der Waals surface area contributed by atoms with E-state index in [0.717, 1.165) is 23.5 Å². The number of nitrogens with one attached hydrogen (secondary N) is 1. The minimum absolute atomic E-state index is 0.263. The van der Waals surface area contributed by atoms with Gasteiger partial charge in [0.15, 0.2) is 21.9 Å². The highest BCUT2D eigenvalue weighted by Gasteiger charge is 2.20. The molecule has 1 aromatic carbocycles. The van der Waals surface area contributed by atoms with E-state index in [0.29, 0.717) is 27.3 Å². The molecule has 1 atom stereocenters. The first-order chi connectivity index (χ1) is 14.3. The van der Waals surface area contributed by atoms with E-state index < -0.39 is 16.9 Å². The number of amides is 1. The normalized spacial score (nSPS) is 12.3. The molecular formula is C19H16F2N6OS2. The number of aryl methyl sites for hydroxylation is 2. The first-order valence-corrected chi connectivity index (χ1v) is 10.7. The Hall–Kier alpha value is -2.92. The number of thiazole rings is 1. The zero-order valence-corrected chi connectivity index (χ0v) is 17.8. The molecule has 7 nitrogen and oxygen atoms in total. The number of hydrogen-bond donors (Lipinski definition) is 1. The minimum atomic E-state index is -0.948. The zero-order valence-electron chi connectivity index (χ0n) is 16.2. The number of carbonyl (C=O) groups is 1. The van der Waals surface area contributed by atoms with Crippen molar-refractivity contribution in [3.05, 3.63) is 52.7 Å². The van der Waals surface area contributed by atoms with Gasteiger partial charge in [-0.25, -0.2) is 18.7 Å². The smallest absolute Gasteiger partial charge is 0.256 e. The van der Waals surface area contributed by atoms with Gasteiger partial charge in [-0.2, -0.15) is 0 Å². The molecule has 0 saturated heterocycles. The van der Waals surface area contributed by atoms with E-state index in [1.165, 1.54) is 29.2 Å². The zero-order chi connectivity index (χ0) is 21.4. The van der Waals surface area contributed by atoms with Crippen molar-refractivity contribution >= 4 is 39.9 Å². The van der Waals surface area contributed by atoms with Crippen molar-refractivity contribution in [2.45, 2.75) is 31.2 Å². The molecule has 0 aliphatic heterocycles. The van der Waals surface area contributed by atoms with Gasteiger partial charge in [-0.05, 0) is 45.0 Å². The molecule has 0 bridgehead atoms. The first kappa shape index (κ1) is 20.4. The molecule has 0 radical (unpaired) electrons. The number of hydrogen-bond acceptors (Lipinski definition) is 7. The number of thioether (sulfide) groups is 1. The molecule has 30 heavy (non-hydrogen) atoms. The van der Waals surface area contributed by atoms with Gasteiger partial charge < -0.3 is 5.32 Å². The first-order valence-electron chi connectivity index (χ1n) is 8.89. The predicted molar refractivity (Wildman–Crippen MR) is 112 cm³/mol. The Labute approximate surface area is 178 Å². The van der Waals surface area contributed by atoms with Crippen molar-refractivity contribution in [1.82, 2.24) is 24.6 Å². The third-order valence-corrected chi connectivity index (χ3v) is 6.06. The molecule has 4 rings (SSSR count). The molecule has 1 unspecified atom stereocenters. The number of rotatable bonds is 5. The standard InChI is InChI=1S/C19H16F2N6OS2/c1-9-6-10(2)27-17(22-9)25-26-19(27)30-11(3)16(28)24-18-23-15(8-29-18)12-4-5-13(20)14(21)7-12/h4-8,11H,1-3H3,(H,23,24,28). The van der Waals surface area contributed by atoms with Crippen molar-refractivity contribution in [2.24, 2.45) is 0 Å². The Morgan fingerprint density at radius 3 is 2.73 bits per heavy atom. The maximum absolute atomic E-state index is 13.4. The lowest BCUT2D eigenvalue weighted by molar-refractivity contribution is -0.115. The summed E-state index contributed by atoms with van der Waals surface area (Å²) in [5.74, 6) is -1.65. The van der Waals surface area contributed by atoms with Gasteiger partial charge in [-0.3, -0.25) is 9.20 Å². The van der Waals surface area contributed by atoms with Gasteiger partial charge >= 0.3 is 0 Å². The molecule has 3 heterocycles. The molecule has 0 spiro atoms. The van der Waals surface area contributed by atoms with E-state index in [2.05, 4.69) is 25.5 Å². The number of halogens is 2. The average molecular weight is 447 g/mol. The van der Waals surface area contributed by atoms with E-state index in [1.54, 1.807) is 16.7 Å². The van der Waals surface area contributed by atoms with E-state index in [-0.39, 0.29) is 5.91 Å². The van der Waals surface area contributed by atoms with Gasteiger partial charge in [-0.1, -0.05) is 11.8 Å². The Morgan fingerprint density at radius 1 is 1.17 bits per heavy atom. The van der Waals surface area contributed by atoms with Crippen LogP contribution in [0.15, 0.2) is 34.8 Å². The number of anilines is 1. The molecular weight excluding hydrogens is 430 g/mol. The lowest BCUT2D eigenvalue weighted by Gasteiger charge is -2.10. The van der Waals surface area contributed by atoms with Gasteiger partial charge in [0.05, 0.1) is 10.9 Å². The van der Waals surface area contributed by atoms with Gasteiger partial charge in [-0.15, -0.1) is 21.5 Å². The summed E-state index contributed by atoms with van der Waals surface area (Å²) in [6.07, 6.45) is 0. The highest BCUT2D eigenvalue weighted by Crippen LogP contribution is 2.28. The highest BCUT2D eigenvalue weighted by atomic mass is 32.2. The van der Waals surface area contributed by atoms with Gasteiger partial charge in [0.2, 0.25) is 5.91 Å². The average Bonchev–Trinajstić information content (AvgIpc) is 3.31. The highest BCUT2D eigenvalue weighted by molar-refractivity contribution is 8.00. The monoisotopic (exact) mass is 446 g/mol. The van der Waals surface area contributed by atoms with Crippen LogP contribution in [0.1, 0.15) is 18.3 Å². The van der Waals surface area contributed by atoms with Crippen LogP contribution in [0.5, 0.6) is 0 Å². The van der Waals surface area contributed by atoms with Crippen LogP contribution in [0.4, 0.5) is 13.9 Å². The molecule has 1 amide bonds. The van der Waals surface area contributed by atoms with E-state index >= 15 is 0 Å². The van der Waals surface area contributed by atoms with Crippen LogP contribution in [0, 0.1) is 25.5 Å². The topological polar surface area (TPSA) is 85.1 Å². The third kappa shape index (κ3) is 4.03. The minimum Gasteiger partial charge on any atom is -0.301 e. The Balaban J connectivity index is 1.47. The maximum Gasteiger partial charge on any atom is 0.256 e. The summed E-state index contributed by atoms with van der Waals surface area (Å²) in [5, 5.41) is 13.1. The Bertz CT molecular complexity index is 1260. The van der Waals surface area contributed by atoms with Crippen molar-refractivity contribution in [2.75, 3.05) is 5.32 Å². The van der Waals surface area contributed by atoms with Crippen LogP contribution in [-0.4, -0.2) is 35.7 Å². The Morgan fingerprint density at radius 2 is 1.97 bits per heavy atom. The summed E-state index contributed by atoms with van der Waals surface area (Å²) < 4.78 is 28.3. The van der Waals surface area contributed by atoms with E-state index in [1.807, 2.05) is 19.9 Å². The van der Waals surface area contributed by atoms with Crippen LogP contribution in [0.3, 0.4) is 0 Å².